The van der Waals surface area contributed by atoms with Crippen LogP contribution in [-0.2, 0) is 15.8 Å². The average Bonchev–Trinajstić information content (AvgIpc) is 2.50. The minimum atomic E-state index is -4.43. The zero-order chi connectivity index (χ0) is 17.5. The molecule has 128 valence electrons. The predicted octanol–water partition coefficient (Wildman–Crippen LogP) is 3.68. The lowest BCUT2D eigenvalue weighted by Crippen LogP contribution is -2.40. The van der Waals surface area contributed by atoms with Crippen LogP contribution in [0.3, 0.4) is 0 Å². The van der Waals surface area contributed by atoms with E-state index in [0.29, 0.717) is 13.1 Å². The molecule has 0 fully saturated rings. The highest BCUT2D eigenvalue weighted by Gasteiger charge is 2.30. The molecule has 0 unspecified atom stereocenters. The highest BCUT2D eigenvalue weighted by atomic mass is 19.4. The molecule has 1 aromatic rings. The summed E-state index contributed by atoms with van der Waals surface area (Å²) >= 11 is 0. The Morgan fingerprint density at radius 3 is 2.13 bits per heavy atom. The normalized spacial score (nSPS) is 11.2. The van der Waals surface area contributed by atoms with Gasteiger partial charge in [0.2, 0.25) is 0 Å². The molecule has 0 atom stereocenters. The number of hydrogen-bond acceptors (Lipinski definition) is 2. The van der Waals surface area contributed by atoms with Gasteiger partial charge in [-0.1, -0.05) is 20.3 Å². The number of benzene rings is 1. The molecule has 0 aliphatic carbocycles. The monoisotopic (exact) mass is 330 g/mol. The predicted molar refractivity (Wildman–Crippen MR) is 81.9 cm³/mol. The van der Waals surface area contributed by atoms with Gasteiger partial charge in [-0.2, -0.15) is 13.2 Å². The van der Waals surface area contributed by atoms with Gasteiger partial charge in [-0.05, 0) is 37.1 Å². The van der Waals surface area contributed by atoms with Crippen LogP contribution in [0.4, 0.5) is 18.9 Å². The Hall–Kier alpha value is -2.05. The zero-order valence-corrected chi connectivity index (χ0v) is 13.2. The highest BCUT2D eigenvalue weighted by Crippen LogP contribution is 2.29. The molecule has 0 saturated heterocycles. The van der Waals surface area contributed by atoms with E-state index in [1.54, 1.807) is 0 Å². The van der Waals surface area contributed by atoms with Crippen LogP contribution in [0.15, 0.2) is 24.3 Å². The Balaban J connectivity index is 2.71. The van der Waals surface area contributed by atoms with Crippen LogP contribution in [0.5, 0.6) is 0 Å². The summed E-state index contributed by atoms with van der Waals surface area (Å²) in [5, 5.41) is 2.34. The fourth-order valence-corrected chi connectivity index (χ4v) is 2.00. The lowest BCUT2D eigenvalue weighted by atomic mass is 10.2. The first kappa shape index (κ1) is 19.0. The van der Waals surface area contributed by atoms with Gasteiger partial charge in [0.25, 0.3) is 0 Å². The first-order valence-corrected chi connectivity index (χ1v) is 7.57. The van der Waals surface area contributed by atoms with Crippen LogP contribution in [0.25, 0.3) is 0 Å². The van der Waals surface area contributed by atoms with Gasteiger partial charge in [0, 0.05) is 18.8 Å². The molecular weight excluding hydrogens is 309 g/mol. The summed E-state index contributed by atoms with van der Waals surface area (Å²) in [5.74, 6) is -1.51. The summed E-state index contributed by atoms with van der Waals surface area (Å²) in [6.07, 6.45) is -2.02. The molecule has 0 aliphatic heterocycles. The summed E-state index contributed by atoms with van der Waals surface area (Å²) in [6, 6.07) is 3.98. The molecule has 0 bridgehead atoms. The van der Waals surface area contributed by atoms with Crippen LogP contribution in [0.2, 0.25) is 0 Å². The van der Waals surface area contributed by atoms with E-state index in [4.69, 9.17) is 0 Å². The number of hydrogen-bond donors (Lipinski definition) is 1. The van der Waals surface area contributed by atoms with Gasteiger partial charge in [0.05, 0.1) is 5.56 Å². The summed E-state index contributed by atoms with van der Waals surface area (Å²) < 4.78 is 37.4. The second-order valence-corrected chi connectivity index (χ2v) is 5.17. The molecule has 23 heavy (non-hydrogen) atoms. The van der Waals surface area contributed by atoms with Gasteiger partial charge in [-0.15, -0.1) is 0 Å². The third kappa shape index (κ3) is 5.92. The number of rotatable bonds is 6. The van der Waals surface area contributed by atoms with E-state index in [1.165, 1.54) is 4.90 Å². The van der Waals surface area contributed by atoms with E-state index in [1.807, 2.05) is 13.8 Å². The molecule has 4 nitrogen and oxygen atoms in total. The standard InChI is InChI=1S/C16H21F3N2O2/c1-3-5-11-21(10-4-2)15(23)14(22)20-13-8-6-12(7-9-13)16(17,18)19/h6-9H,3-5,10-11H2,1-2H3,(H,20,22). The number of carbonyl (C=O) groups excluding carboxylic acids is 2. The quantitative estimate of drug-likeness (QED) is 0.809. The van der Waals surface area contributed by atoms with Crippen molar-refractivity contribution in [2.24, 2.45) is 0 Å². The minimum absolute atomic E-state index is 0.156. The maximum absolute atomic E-state index is 12.5. The van der Waals surface area contributed by atoms with Gasteiger partial charge in [0.15, 0.2) is 0 Å². The van der Waals surface area contributed by atoms with Crippen molar-refractivity contribution in [3.8, 4) is 0 Å². The molecular formula is C16H21F3N2O2. The number of carbonyl (C=O) groups is 2. The summed E-state index contributed by atoms with van der Waals surface area (Å²) in [4.78, 5) is 25.5. The van der Waals surface area contributed by atoms with Crippen molar-refractivity contribution in [2.45, 2.75) is 39.3 Å². The van der Waals surface area contributed by atoms with Crippen LogP contribution >= 0.6 is 0 Å². The van der Waals surface area contributed by atoms with Crippen molar-refractivity contribution in [3.05, 3.63) is 29.8 Å². The molecule has 0 aliphatic rings. The first-order chi connectivity index (χ1) is 10.8. The molecule has 0 saturated carbocycles. The summed E-state index contributed by atoms with van der Waals surface area (Å²) in [6.45, 7) is 4.85. The SMILES string of the molecule is CCCCN(CCC)C(=O)C(=O)Nc1ccc(C(F)(F)F)cc1. The third-order valence-corrected chi connectivity index (χ3v) is 3.23. The minimum Gasteiger partial charge on any atom is -0.334 e. The van der Waals surface area contributed by atoms with Gasteiger partial charge in [-0.3, -0.25) is 9.59 Å². The number of nitrogens with zero attached hydrogens (tertiary/aromatic N) is 1. The van der Waals surface area contributed by atoms with E-state index < -0.39 is 23.6 Å². The lowest BCUT2D eigenvalue weighted by Gasteiger charge is -2.21. The van der Waals surface area contributed by atoms with Gasteiger partial charge < -0.3 is 10.2 Å². The number of amides is 2. The second-order valence-electron chi connectivity index (χ2n) is 5.17. The topological polar surface area (TPSA) is 49.4 Å². The molecule has 1 N–H and O–H groups in total. The van der Waals surface area contributed by atoms with E-state index in [0.717, 1.165) is 43.5 Å². The van der Waals surface area contributed by atoms with Crippen LogP contribution < -0.4 is 5.32 Å². The summed E-state index contributed by atoms with van der Waals surface area (Å²) in [5.41, 5.74) is -0.652. The van der Waals surface area contributed by atoms with Crippen LogP contribution in [0, 0.1) is 0 Å². The molecule has 0 radical (unpaired) electrons. The average molecular weight is 330 g/mol. The second kappa shape index (κ2) is 8.55. The van der Waals surface area contributed by atoms with Gasteiger partial charge in [-0.25, -0.2) is 0 Å². The third-order valence-electron chi connectivity index (χ3n) is 3.23. The number of anilines is 1. The Kier molecular flexibility index (Phi) is 7.06. The van der Waals surface area contributed by atoms with Crippen LogP contribution in [-0.4, -0.2) is 29.8 Å². The fraction of sp³-hybridized carbons (Fsp3) is 0.500. The number of halogens is 3. The van der Waals surface area contributed by atoms with E-state index in [-0.39, 0.29) is 5.69 Å². The van der Waals surface area contributed by atoms with Crippen LogP contribution in [0.1, 0.15) is 38.7 Å². The van der Waals surface area contributed by atoms with E-state index >= 15 is 0 Å². The molecule has 1 aromatic carbocycles. The number of nitrogens with one attached hydrogen (secondary N) is 1. The number of unbranched alkanes of at least 4 members (excludes halogenated alkanes) is 1. The Labute approximate surface area is 133 Å². The van der Waals surface area contributed by atoms with Crippen molar-refractivity contribution in [1.29, 1.82) is 0 Å². The van der Waals surface area contributed by atoms with E-state index in [2.05, 4.69) is 5.32 Å². The lowest BCUT2D eigenvalue weighted by molar-refractivity contribution is -0.143. The fourth-order valence-electron chi connectivity index (χ4n) is 2.00. The van der Waals surface area contributed by atoms with Crippen molar-refractivity contribution in [1.82, 2.24) is 4.90 Å². The molecule has 2 amide bonds. The van der Waals surface area contributed by atoms with E-state index in [9.17, 15) is 22.8 Å². The zero-order valence-electron chi connectivity index (χ0n) is 13.2. The largest absolute Gasteiger partial charge is 0.416 e. The molecule has 0 spiro atoms. The van der Waals surface area contributed by atoms with Crippen molar-refractivity contribution < 1.29 is 22.8 Å². The van der Waals surface area contributed by atoms with Crippen molar-refractivity contribution in [3.63, 3.8) is 0 Å². The molecule has 0 aromatic heterocycles. The smallest absolute Gasteiger partial charge is 0.334 e. The summed E-state index contributed by atoms with van der Waals surface area (Å²) in [7, 11) is 0. The van der Waals surface area contributed by atoms with Gasteiger partial charge >= 0.3 is 18.0 Å². The Morgan fingerprint density at radius 1 is 1.04 bits per heavy atom. The highest BCUT2D eigenvalue weighted by molar-refractivity contribution is 6.39. The molecule has 0 heterocycles. The Morgan fingerprint density at radius 2 is 1.65 bits per heavy atom. The first-order valence-electron chi connectivity index (χ1n) is 7.57. The maximum Gasteiger partial charge on any atom is 0.416 e. The number of alkyl halides is 3. The van der Waals surface area contributed by atoms with Gasteiger partial charge in [0.1, 0.15) is 0 Å². The Bertz CT molecular complexity index is 527. The van der Waals surface area contributed by atoms with Crippen molar-refractivity contribution in [2.75, 3.05) is 18.4 Å². The maximum atomic E-state index is 12.5. The van der Waals surface area contributed by atoms with Crippen molar-refractivity contribution >= 4 is 17.5 Å². The molecule has 1 rings (SSSR count). The molecule has 7 heteroatoms.